The molecule has 2 aromatic carbocycles. The Morgan fingerprint density at radius 2 is 2.00 bits per heavy atom. The van der Waals surface area contributed by atoms with Crippen molar-refractivity contribution >= 4 is 39.8 Å². The zero-order valence-corrected chi connectivity index (χ0v) is 14.9. The van der Waals surface area contributed by atoms with Crippen LogP contribution in [0.2, 0.25) is 5.02 Å². The van der Waals surface area contributed by atoms with E-state index in [1.54, 1.807) is 6.92 Å². The summed E-state index contributed by atoms with van der Waals surface area (Å²) in [5, 5.41) is 19.7. The summed E-state index contributed by atoms with van der Waals surface area (Å²) >= 11 is 5.91. The van der Waals surface area contributed by atoms with E-state index in [1.165, 1.54) is 4.68 Å². The summed E-state index contributed by atoms with van der Waals surface area (Å²) in [6, 6.07) is 13.6. The Balaban J connectivity index is 1.61. The van der Waals surface area contributed by atoms with Gasteiger partial charge in [0.25, 0.3) is 0 Å². The minimum Gasteiger partial charge on any atom is -0.358 e. The van der Waals surface area contributed by atoms with Gasteiger partial charge in [0.05, 0.1) is 17.3 Å². The van der Waals surface area contributed by atoms with Crippen LogP contribution < -0.4 is 5.32 Å². The second kappa shape index (κ2) is 7.53. The van der Waals surface area contributed by atoms with E-state index in [-0.39, 0.29) is 23.2 Å². The van der Waals surface area contributed by atoms with Gasteiger partial charge in [-0.1, -0.05) is 48.0 Å². The third-order valence-corrected chi connectivity index (χ3v) is 4.57. The molecule has 1 aromatic heterocycles. The van der Waals surface area contributed by atoms with Crippen molar-refractivity contribution in [3.05, 3.63) is 63.3 Å². The number of nitrogens with one attached hydrogen (secondary N) is 1. The number of nitro groups is 1. The summed E-state index contributed by atoms with van der Waals surface area (Å²) in [5.41, 5.74) is 1.29. The Bertz CT molecular complexity index is 978. The average molecular weight is 373 g/mol. The van der Waals surface area contributed by atoms with Crippen molar-refractivity contribution in [1.29, 1.82) is 0 Å². The maximum absolute atomic E-state index is 12.2. The van der Waals surface area contributed by atoms with Gasteiger partial charge in [-0.3, -0.25) is 4.79 Å². The number of carbonyl (C=O) groups is 1. The van der Waals surface area contributed by atoms with Crippen LogP contribution in [-0.2, 0) is 11.3 Å². The average Bonchev–Trinajstić information content (AvgIpc) is 2.91. The first-order chi connectivity index (χ1) is 12.5. The molecule has 0 unspecified atom stereocenters. The van der Waals surface area contributed by atoms with Crippen LogP contribution in [0.15, 0.2) is 42.5 Å². The topological polar surface area (TPSA) is 90.1 Å². The van der Waals surface area contributed by atoms with Gasteiger partial charge in [-0.05, 0) is 29.7 Å². The molecule has 3 rings (SSSR count). The van der Waals surface area contributed by atoms with Crippen molar-refractivity contribution in [2.75, 3.05) is 5.32 Å². The van der Waals surface area contributed by atoms with Crippen LogP contribution in [0.3, 0.4) is 0 Å². The molecule has 3 aromatic rings. The molecule has 0 aliphatic heterocycles. The summed E-state index contributed by atoms with van der Waals surface area (Å²) < 4.78 is 1.46. The highest BCUT2D eigenvalue weighted by Crippen LogP contribution is 2.27. The van der Waals surface area contributed by atoms with Gasteiger partial charge in [0, 0.05) is 17.5 Å². The predicted octanol–water partition coefficient (Wildman–Crippen LogP) is 4.33. The van der Waals surface area contributed by atoms with Crippen LogP contribution in [0.1, 0.15) is 18.5 Å². The highest BCUT2D eigenvalue weighted by molar-refractivity contribution is 6.33. The highest BCUT2D eigenvalue weighted by atomic mass is 35.5. The number of rotatable bonds is 6. The third-order valence-electron chi connectivity index (χ3n) is 4.13. The minimum atomic E-state index is -0.612. The molecule has 1 heterocycles. The zero-order valence-electron chi connectivity index (χ0n) is 14.1. The first-order valence-electron chi connectivity index (χ1n) is 8.12. The van der Waals surface area contributed by atoms with Crippen molar-refractivity contribution in [3.63, 3.8) is 0 Å². The number of amides is 1. The minimum absolute atomic E-state index is 0.0372. The molecule has 1 N–H and O–H groups in total. The number of carbonyl (C=O) groups excluding carboxylic acids is 1. The molecule has 0 saturated carbocycles. The molecule has 0 fully saturated rings. The molecule has 1 amide bonds. The highest BCUT2D eigenvalue weighted by Gasteiger charge is 2.23. The largest absolute Gasteiger partial charge is 0.408 e. The van der Waals surface area contributed by atoms with Crippen molar-refractivity contribution in [3.8, 4) is 0 Å². The molecule has 0 atom stereocenters. The lowest BCUT2D eigenvalue weighted by atomic mass is 10.1. The van der Waals surface area contributed by atoms with E-state index in [1.807, 2.05) is 42.5 Å². The van der Waals surface area contributed by atoms with Crippen LogP contribution in [-0.4, -0.2) is 20.6 Å². The lowest BCUT2D eigenvalue weighted by Crippen LogP contribution is -2.13. The summed E-state index contributed by atoms with van der Waals surface area (Å²) in [5.74, 6) is -0.476. The summed E-state index contributed by atoms with van der Waals surface area (Å²) in [7, 11) is 0. The number of anilines is 1. The fraction of sp³-hybridized carbons (Fsp3) is 0.222. The van der Waals surface area contributed by atoms with Gasteiger partial charge in [0.2, 0.25) is 5.91 Å². The molecule has 26 heavy (non-hydrogen) atoms. The molecular formula is C18H17ClN4O3. The van der Waals surface area contributed by atoms with Crippen LogP contribution in [0, 0.1) is 17.0 Å². The van der Waals surface area contributed by atoms with Gasteiger partial charge in [-0.2, -0.15) is 4.68 Å². The maximum Gasteiger partial charge on any atom is 0.408 e. The number of halogens is 1. The molecule has 0 aliphatic rings. The Labute approximate surface area is 154 Å². The van der Waals surface area contributed by atoms with E-state index in [4.69, 9.17) is 11.6 Å². The van der Waals surface area contributed by atoms with E-state index < -0.39 is 4.92 Å². The smallest absolute Gasteiger partial charge is 0.358 e. The normalized spacial score (nSPS) is 10.8. The fourth-order valence-electron chi connectivity index (χ4n) is 2.78. The van der Waals surface area contributed by atoms with E-state index in [0.717, 1.165) is 16.5 Å². The number of hydrogen-bond acceptors (Lipinski definition) is 4. The number of aryl methyl sites for hydroxylation is 1. The molecule has 8 heteroatoms. The van der Waals surface area contributed by atoms with E-state index in [2.05, 4.69) is 10.4 Å². The summed E-state index contributed by atoms with van der Waals surface area (Å²) in [6.07, 6.45) is 0.764. The van der Waals surface area contributed by atoms with Crippen LogP contribution in [0.25, 0.3) is 10.8 Å². The van der Waals surface area contributed by atoms with Crippen molar-refractivity contribution < 1.29 is 9.72 Å². The van der Waals surface area contributed by atoms with Gasteiger partial charge < -0.3 is 15.4 Å². The summed E-state index contributed by atoms with van der Waals surface area (Å²) in [4.78, 5) is 22.5. The van der Waals surface area contributed by atoms with Gasteiger partial charge in [-0.25, -0.2) is 0 Å². The summed E-state index contributed by atoms with van der Waals surface area (Å²) in [6.45, 7) is 2.04. The van der Waals surface area contributed by atoms with Gasteiger partial charge in [0.15, 0.2) is 5.02 Å². The SMILES string of the molecule is Cc1c(Cl)c([N+](=O)[O-])nn1CCCC(=O)Nc1cccc2ccccc12. The monoisotopic (exact) mass is 372 g/mol. The lowest BCUT2D eigenvalue weighted by Gasteiger charge is -2.08. The number of hydrogen-bond donors (Lipinski definition) is 1. The molecule has 134 valence electrons. The second-order valence-electron chi connectivity index (χ2n) is 5.88. The quantitative estimate of drug-likeness (QED) is 0.515. The Kier molecular flexibility index (Phi) is 5.18. The van der Waals surface area contributed by atoms with Crippen LogP contribution >= 0.6 is 11.6 Å². The van der Waals surface area contributed by atoms with E-state index in [0.29, 0.717) is 18.7 Å². The molecule has 0 radical (unpaired) electrons. The molecule has 0 aliphatic carbocycles. The van der Waals surface area contributed by atoms with E-state index in [9.17, 15) is 14.9 Å². The molecule has 0 bridgehead atoms. The third kappa shape index (κ3) is 3.67. The Morgan fingerprint density at radius 1 is 1.27 bits per heavy atom. The standard InChI is InChI=1S/C18H17ClN4O3/c1-12-17(19)18(23(25)26)21-22(12)11-5-10-16(24)20-15-9-4-7-13-6-2-3-8-14(13)15/h2-4,6-9H,5,10-11H2,1H3,(H,20,24). The van der Waals surface area contributed by atoms with Gasteiger partial charge >= 0.3 is 5.82 Å². The Morgan fingerprint density at radius 3 is 2.73 bits per heavy atom. The number of fused-ring (bicyclic) bond motifs is 1. The van der Waals surface area contributed by atoms with Crippen molar-refractivity contribution in [2.45, 2.75) is 26.3 Å². The first-order valence-corrected chi connectivity index (χ1v) is 8.50. The molecule has 7 nitrogen and oxygen atoms in total. The molecule has 0 saturated heterocycles. The lowest BCUT2D eigenvalue weighted by molar-refractivity contribution is -0.389. The number of benzene rings is 2. The van der Waals surface area contributed by atoms with Crippen molar-refractivity contribution in [2.24, 2.45) is 0 Å². The molecule has 0 spiro atoms. The zero-order chi connectivity index (χ0) is 18.7. The Hall–Kier alpha value is -2.93. The maximum atomic E-state index is 12.2. The van der Waals surface area contributed by atoms with Crippen LogP contribution in [0.4, 0.5) is 11.5 Å². The van der Waals surface area contributed by atoms with Crippen LogP contribution in [0.5, 0.6) is 0 Å². The van der Waals surface area contributed by atoms with Gasteiger partial charge in [-0.15, -0.1) is 0 Å². The second-order valence-corrected chi connectivity index (χ2v) is 6.26. The first kappa shape index (κ1) is 17.9. The van der Waals surface area contributed by atoms with E-state index >= 15 is 0 Å². The fourth-order valence-corrected chi connectivity index (χ4v) is 2.98. The van der Waals surface area contributed by atoms with Crippen molar-refractivity contribution in [1.82, 2.24) is 9.78 Å². The predicted molar refractivity (Wildman–Crippen MR) is 100 cm³/mol. The number of aromatic nitrogens is 2. The molecular weight excluding hydrogens is 356 g/mol. The van der Waals surface area contributed by atoms with Gasteiger partial charge in [0.1, 0.15) is 0 Å². The number of nitrogens with zero attached hydrogens (tertiary/aromatic N) is 3.